The number of nitrogens with zero attached hydrogens (tertiary/aromatic N) is 2. The third-order valence-electron chi connectivity index (χ3n) is 3.73. The van der Waals surface area contributed by atoms with Crippen molar-refractivity contribution in [3.63, 3.8) is 0 Å². The minimum Gasteiger partial charge on any atom is -0.460 e. The van der Waals surface area contributed by atoms with Crippen molar-refractivity contribution in [2.75, 3.05) is 0 Å². The predicted octanol–water partition coefficient (Wildman–Crippen LogP) is 7.12. The first-order valence-electron chi connectivity index (χ1n) is 8.28. The van der Waals surface area contributed by atoms with Gasteiger partial charge in [-0.05, 0) is 78.3 Å². The first-order chi connectivity index (χ1) is 13.3. The molecule has 0 aliphatic rings. The summed E-state index contributed by atoms with van der Waals surface area (Å²) in [6.07, 6.45) is 0. The van der Waals surface area contributed by atoms with Crippen LogP contribution in [0.5, 0.6) is 28.9 Å². The zero-order valence-corrected chi connectivity index (χ0v) is 18.5. The third-order valence-corrected chi connectivity index (χ3v) is 5.18. The Hall–Kier alpha value is -2.15. The lowest BCUT2D eigenvalue weighted by Crippen LogP contribution is -1.95. The van der Waals surface area contributed by atoms with Gasteiger partial charge in [-0.25, -0.2) is 4.68 Å². The first-order valence-corrected chi connectivity index (χ1v) is 9.83. The SMILES string of the molecule is CC(Oc1ccc(Oc2ccc(Oc3c(Br)c(C)nn3C)cc2)cc1)=C(Cl)Cl. The smallest absolute Gasteiger partial charge is 0.232 e. The van der Waals surface area contributed by atoms with Gasteiger partial charge >= 0.3 is 0 Å². The van der Waals surface area contributed by atoms with Crippen molar-refractivity contribution in [1.29, 1.82) is 0 Å². The van der Waals surface area contributed by atoms with Crippen molar-refractivity contribution < 1.29 is 14.2 Å². The molecular weight excluding hydrogens is 467 g/mol. The van der Waals surface area contributed by atoms with E-state index in [0.29, 0.717) is 34.6 Å². The van der Waals surface area contributed by atoms with Crippen molar-refractivity contribution in [2.24, 2.45) is 7.05 Å². The Balaban J connectivity index is 1.65. The Morgan fingerprint density at radius 2 is 1.36 bits per heavy atom. The maximum Gasteiger partial charge on any atom is 0.232 e. The highest BCUT2D eigenvalue weighted by molar-refractivity contribution is 9.10. The second kappa shape index (κ2) is 8.90. The molecule has 0 aliphatic carbocycles. The number of allylic oxidation sites excluding steroid dienone is 1. The van der Waals surface area contributed by atoms with Crippen molar-refractivity contribution >= 4 is 39.1 Å². The average molecular weight is 484 g/mol. The third kappa shape index (κ3) is 5.01. The van der Waals surface area contributed by atoms with Gasteiger partial charge in [-0.3, -0.25) is 0 Å². The number of hydrogen-bond donors (Lipinski definition) is 0. The summed E-state index contributed by atoms with van der Waals surface area (Å²) in [7, 11) is 1.83. The number of aryl methyl sites for hydroxylation is 2. The lowest BCUT2D eigenvalue weighted by molar-refractivity contribution is 0.423. The molecule has 5 nitrogen and oxygen atoms in total. The molecule has 28 heavy (non-hydrogen) atoms. The van der Waals surface area contributed by atoms with Gasteiger partial charge in [0.2, 0.25) is 5.88 Å². The molecule has 1 heterocycles. The molecule has 0 saturated heterocycles. The Bertz CT molecular complexity index is 996. The Morgan fingerprint density at radius 3 is 1.79 bits per heavy atom. The number of hydrogen-bond acceptors (Lipinski definition) is 4. The van der Waals surface area contributed by atoms with E-state index in [1.54, 1.807) is 35.9 Å². The van der Waals surface area contributed by atoms with Crippen molar-refractivity contribution in [2.45, 2.75) is 13.8 Å². The monoisotopic (exact) mass is 482 g/mol. The lowest BCUT2D eigenvalue weighted by Gasteiger charge is -2.10. The molecule has 3 rings (SSSR count). The zero-order valence-electron chi connectivity index (χ0n) is 15.4. The summed E-state index contributed by atoms with van der Waals surface area (Å²) < 4.78 is 19.8. The summed E-state index contributed by atoms with van der Waals surface area (Å²) >= 11 is 14.8. The average Bonchev–Trinajstić information content (AvgIpc) is 2.91. The summed E-state index contributed by atoms with van der Waals surface area (Å²) in [6.45, 7) is 3.60. The fraction of sp³-hybridized carbons (Fsp3) is 0.150. The van der Waals surface area contributed by atoms with Gasteiger partial charge in [0.1, 0.15) is 37.7 Å². The van der Waals surface area contributed by atoms with E-state index in [1.165, 1.54) is 0 Å². The standard InChI is InChI=1S/C20H17BrCl2N2O3/c1-12-18(21)20(25(3)24-12)28-17-10-8-16(9-11-17)27-15-6-4-14(5-7-15)26-13(2)19(22)23/h4-11H,1-3H3. The first kappa shape index (κ1) is 20.6. The van der Waals surface area contributed by atoms with Crippen molar-refractivity contribution in [3.8, 4) is 28.9 Å². The molecular formula is C20H17BrCl2N2O3. The van der Waals surface area contributed by atoms with E-state index in [2.05, 4.69) is 21.0 Å². The molecule has 0 bridgehead atoms. The normalized spacial score (nSPS) is 10.5. The number of aromatic nitrogens is 2. The molecule has 0 aliphatic heterocycles. The summed E-state index contributed by atoms with van der Waals surface area (Å²) in [4.78, 5) is 0. The van der Waals surface area contributed by atoms with E-state index in [9.17, 15) is 0 Å². The molecule has 0 saturated carbocycles. The predicted molar refractivity (Wildman–Crippen MR) is 114 cm³/mol. The number of benzene rings is 2. The molecule has 0 atom stereocenters. The molecule has 8 heteroatoms. The van der Waals surface area contributed by atoms with Gasteiger partial charge in [0.05, 0.1) is 5.69 Å². The van der Waals surface area contributed by atoms with E-state index in [4.69, 9.17) is 37.4 Å². The molecule has 3 aromatic rings. The van der Waals surface area contributed by atoms with Gasteiger partial charge in [0.25, 0.3) is 0 Å². The van der Waals surface area contributed by atoms with Crippen LogP contribution in [-0.2, 0) is 7.05 Å². The van der Waals surface area contributed by atoms with Crippen LogP contribution >= 0.6 is 39.1 Å². The highest BCUT2D eigenvalue weighted by Crippen LogP contribution is 2.33. The minimum absolute atomic E-state index is 0.0935. The van der Waals surface area contributed by atoms with Crippen LogP contribution < -0.4 is 14.2 Å². The molecule has 0 unspecified atom stereocenters. The quantitative estimate of drug-likeness (QED) is 0.350. The van der Waals surface area contributed by atoms with Gasteiger partial charge in [0.15, 0.2) is 0 Å². The number of ether oxygens (including phenoxy) is 3. The van der Waals surface area contributed by atoms with E-state index in [-0.39, 0.29) is 4.49 Å². The largest absolute Gasteiger partial charge is 0.460 e. The summed E-state index contributed by atoms with van der Waals surface area (Å²) in [6, 6.07) is 14.5. The fourth-order valence-corrected chi connectivity index (χ4v) is 2.83. The van der Waals surface area contributed by atoms with E-state index >= 15 is 0 Å². The van der Waals surface area contributed by atoms with Gasteiger partial charge in [0, 0.05) is 7.05 Å². The molecule has 2 aromatic carbocycles. The van der Waals surface area contributed by atoms with Crippen LogP contribution in [0.1, 0.15) is 12.6 Å². The van der Waals surface area contributed by atoms with Gasteiger partial charge in [-0.1, -0.05) is 23.2 Å². The molecule has 0 N–H and O–H groups in total. The topological polar surface area (TPSA) is 45.5 Å². The Morgan fingerprint density at radius 1 is 0.893 bits per heavy atom. The maximum absolute atomic E-state index is 5.89. The molecule has 0 radical (unpaired) electrons. The maximum atomic E-state index is 5.89. The highest BCUT2D eigenvalue weighted by atomic mass is 79.9. The second-order valence-electron chi connectivity index (χ2n) is 5.89. The minimum atomic E-state index is 0.0935. The molecule has 1 aromatic heterocycles. The summed E-state index contributed by atoms with van der Waals surface area (Å²) in [5.74, 6) is 3.72. The lowest BCUT2D eigenvalue weighted by atomic mass is 10.3. The Kier molecular flexibility index (Phi) is 6.54. The van der Waals surface area contributed by atoms with Crippen LogP contribution in [-0.4, -0.2) is 9.78 Å². The van der Waals surface area contributed by atoms with Crippen LogP contribution in [0.3, 0.4) is 0 Å². The van der Waals surface area contributed by atoms with E-state index in [1.807, 2.05) is 38.2 Å². The summed E-state index contributed by atoms with van der Waals surface area (Å²) in [5, 5.41) is 4.31. The fourth-order valence-electron chi connectivity index (χ4n) is 2.34. The van der Waals surface area contributed by atoms with E-state index in [0.717, 1.165) is 10.2 Å². The van der Waals surface area contributed by atoms with Crippen LogP contribution in [0.25, 0.3) is 0 Å². The van der Waals surface area contributed by atoms with Crippen molar-refractivity contribution in [3.05, 3.63) is 68.9 Å². The van der Waals surface area contributed by atoms with Crippen LogP contribution in [0.4, 0.5) is 0 Å². The van der Waals surface area contributed by atoms with Gasteiger partial charge in [-0.2, -0.15) is 5.10 Å². The summed E-state index contributed by atoms with van der Waals surface area (Å²) in [5.41, 5.74) is 0.865. The molecule has 0 amide bonds. The van der Waals surface area contributed by atoms with E-state index < -0.39 is 0 Å². The molecule has 146 valence electrons. The van der Waals surface area contributed by atoms with Gasteiger partial charge < -0.3 is 14.2 Å². The number of rotatable bonds is 6. The molecule has 0 fully saturated rings. The highest BCUT2D eigenvalue weighted by Gasteiger charge is 2.13. The van der Waals surface area contributed by atoms with Crippen LogP contribution in [0.15, 0.2) is 63.3 Å². The van der Waals surface area contributed by atoms with Gasteiger partial charge in [-0.15, -0.1) is 0 Å². The van der Waals surface area contributed by atoms with Crippen molar-refractivity contribution in [1.82, 2.24) is 9.78 Å². The van der Waals surface area contributed by atoms with Crippen LogP contribution in [0, 0.1) is 6.92 Å². The van der Waals surface area contributed by atoms with Crippen LogP contribution in [0.2, 0.25) is 0 Å². The zero-order chi connectivity index (χ0) is 20.3. The second-order valence-corrected chi connectivity index (χ2v) is 7.64. The Labute approximate surface area is 181 Å². The number of halogens is 3. The molecule has 0 spiro atoms.